The van der Waals surface area contributed by atoms with Gasteiger partial charge in [0, 0.05) is 18.8 Å². The lowest BCUT2D eigenvalue weighted by Gasteiger charge is -2.27. The van der Waals surface area contributed by atoms with Crippen molar-refractivity contribution >= 4 is 39.1 Å². The quantitative estimate of drug-likeness (QED) is 0.808. The van der Waals surface area contributed by atoms with Crippen molar-refractivity contribution in [1.29, 1.82) is 0 Å². The first-order valence-corrected chi connectivity index (χ1v) is 7.19. The van der Waals surface area contributed by atoms with Crippen molar-refractivity contribution < 1.29 is 13.6 Å². The Labute approximate surface area is 123 Å². The van der Waals surface area contributed by atoms with Crippen molar-refractivity contribution in [3.63, 3.8) is 0 Å². The molecule has 0 atom stereocenters. The van der Waals surface area contributed by atoms with Crippen LogP contribution < -0.4 is 5.32 Å². The highest BCUT2D eigenvalue weighted by Gasteiger charge is 2.37. The molecule has 1 fully saturated rings. The molecule has 0 bridgehead atoms. The van der Waals surface area contributed by atoms with E-state index in [2.05, 4.69) is 21.2 Å². The highest BCUT2D eigenvalue weighted by atomic mass is 79.9. The number of nitrogens with one attached hydrogen (secondary N) is 1. The fraction of sp³-hybridized carbons (Fsp3) is 0.462. The zero-order valence-electron chi connectivity index (χ0n) is 10.1. The molecular weight excluding hydrogens is 340 g/mol. The van der Waals surface area contributed by atoms with Gasteiger partial charge in [0.2, 0.25) is 11.8 Å². The SMILES string of the molecule is O=C(Nc1cccc(Cl)c1Br)C1CCC(F)(F)CC1. The average molecular weight is 353 g/mol. The zero-order chi connectivity index (χ0) is 14.0. The van der Waals surface area contributed by atoms with Crippen LogP contribution in [-0.2, 0) is 4.79 Å². The van der Waals surface area contributed by atoms with Crippen molar-refractivity contribution in [1.82, 2.24) is 0 Å². The van der Waals surface area contributed by atoms with Crippen LogP contribution in [0.2, 0.25) is 5.02 Å². The minimum atomic E-state index is -2.62. The van der Waals surface area contributed by atoms with Crippen molar-refractivity contribution in [2.24, 2.45) is 5.92 Å². The van der Waals surface area contributed by atoms with E-state index in [1.165, 1.54) is 0 Å². The normalized spacial score (nSPS) is 19.2. The lowest BCUT2D eigenvalue weighted by atomic mass is 9.86. The van der Waals surface area contributed by atoms with Gasteiger partial charge >= 0.3 is 0 Å². The monoisotopic (exact) mass is 351 g/mol. The van der Waals surface area contributed by atoms with E-state index < -0.39 is 5.92 Å². The zero-order valence-corrected chi connectivity index (χ0v) is 12.4. The molecule has 1 amide bonds. The lowest BCUT2D eigenvalue weighted by Crippen LogP contribution is -2.31. The highest BCUT2D eigenvalue weighted by molar-refractivity contribution is 9.10. The van der Waals surface area contributed by atoms with Crippen LogP contribution in [0.4, 0.5) is 14.5 Å². The summed E-state index contributed by atoms with van der Waals surface area (Å²) < 4.78 is 26.7. The van der Waals surface area contributed by atoms with Crippen LogP contribution in [0.15, 0.2) is 22.7 Å². The Balaban J connectivity index is 2.00. The summed E-state index contributed by atoms with van der Waals surface area (Å²) in [5.41, 5.74) is 0.565. The summed E-state index contributed by atoms with van der Waals surface area (Å²) in [5.74, 6) is -3.20. The number of benzene rings is 1. The largest absolute Gasteiger partial charge is 0.325 e. The molecular formula is C13H13BrClF2NO. The molecule has 0 radical (unpaired) electrons. The van der Waals surface area contributed by atoms with Crippen LogP contribution in [0, 0.1) is 5.92 Å². The van der Waals surface area contributed by atoms with E-state index in [1.54, 1.807) is 18.2 Å². The van der Waals surface area contributed by atoms with Gasteiger partial charge in [0.25, 0.3) is 0 Å². The van der Waals surface area contributed by atoms with E-state index in [0.29, 0.717) is 15.2 Å². The van der Waals surface area contributed by atoms with Crippen LogP contribution >= 0.6 is 27.5 Å². The minimum Gasteiger partial charge on any atom is -0.325 e. The van der Waals surface area contributed by atoms with E-state index in [4.69, 9.17) is 11.6 Å². The highest BCUT2D eigenvalue weighted by Crippen LogP contribution is 2.37. The predicted molar refractivity (Wildman–Crippen MR) is 74.7 cm³/mol. The first-order valence-electron chi connectivity index (χ1n) is 6.02. The third-order valence-corrected chi connectivity index (χ3v) is 4.69. The van der Waals surface area contributed by atoms with Crippen LogP contribution in [0.3, 0.4) is 0 Å². The summed E-state index contributed by atoms with van der Waals surface area (Å²) in [7, 11) is 0. The number of rotatable bonds is 2. The van der Waals surface area contributed by atoms with E-state index in [0.717, 1.165) is 0 Å². The summed E-state index contributed by atoms with van der Waals surface area (Å²) in [5, 5.41) is 3.23. The number of hydrogen-bond acceptors (Lipinski definition) is 1. The maximum Gasteiger partial charge on any atom is 0.248 e. The molecule has 1 aliphatic rings. The molecule has 1 saturated carbocycles. The van der Waals surface area contributed by atoms with Gasteiger partial charge in [-0.05, 0) is 40.9 Å². The van der Waals surface area contributed by atoms with Crippen LogP contribution in [0.25, 0.3) is 0 Å². The van der Waals surface area contributed by atoms with Crippen LogP contribution in [0.5, 0.6) is 0 Å². The molecule has 2 rings (SSSR count). The van der Waals surface area contributed by atoms with Gasteiger partial charge in [0.15, 0.2) is 0 Å². The Hall–Kier alpha value is -0.680. The van der Waals surface area contributed by atoms with Crippen molar-refractivity contribution in [3.05, 3.63) is 27.7 Å². The fourth-order valence-corrected chi connectivity index (χ4v) is 2.68. The first-order chi connectivity index (χ1) is 8.89. The lowest BCUT2D eigenvalue weighted by molar-refractivity contribution is -0.124. The van der Waals surface area contributed by atoms with Crippen molar-refractivity contribution in [2.75, 3.05) is 5.32 Å². The number of carbonyl (C=O) groups is 1. The molecule has 0 spiro atoms. The van der Waals surface area contributed by atoms with E-state index >= 15 is 0 Å². The molecule has 0 aliphatic heterocycles. The molecule has 19 heavy (non-hydrogen) atoms. The first kappa shape index (κ1) is 14.7. The standard InChI is InChI=1S/C13H13BrClF2NO/c14-11-9(15)2-1-3-10(11)18-12(19)8-4-6-13(16,17)7-5-8/h1-3,8H,4-7H2,(H,18,19). The van der Waals surface area contributed by atoms with Gasteiger partial charge in [-0.25, -0.2) is 8.78 Å². The second-order valence-corrected chi connectivity index (χ2v) is 5.92. The number of halogens is 4. The number of amides is 1. The van der Waals surface area contributed by atoms with Gasteiger partial charge in [0.05, 0.1) is 15.2 Å². The third kappa shape index (κ3) is 3.66. The summed E-state index contributed by atoms with van der Waals surface area (Å²) in [4.78, 5) is 12.0. The van der Waals surface area contributed by atoms with Crippen LogP contribution in [-0.4, -0.2) is 11.8 Å². The number of hydrogen-bond donors (Lipinski definition) is 1. The molecule has 2 nitrogen and oxygen atoms in total. The molecule has 1 aromatic carbocycles. The van der Waals surface area contributed by atoms with Gasteiger partial charge in [-0.15, -0.1) is 0 Å². The Morgan fingerprint density at radius 2 is 2.00 bits per heavy atom. The number of alkyl halides is 2. The molecule has 0 saturated heterocycles. The van der Waals surface area contributed by atoms with Gasteiger partial charge < -0.3 is 5.32 Å². The van der Waals surface area contributed by atoms with E-state index in [1.807, 2.05) is 0 Å². The van der Waals surface area contributed by atoms with E-state index in [9.17, 15) is 13.6 Å². The number of anilines is 1. The molecule has 0 unspecified atom stereocenters. The Bertz CT molecular complexity index is 486. The second kappa shape index (κ2) is 5.75. The Morgan fingerprint density at radius 3 is 2.63 bits per heavy atom. The maximum atomic E-state index is 13.0. The smallest absolute Gasteiger partial charge is 0.248 e. The molecule has 6 heteroatoms. The second-order valence-electron chi connectivity index (χ2n) is 4.72. The Morgan fingerprint density at radius 1 is 1.37 bits per heavy atom. The van der Waals surface area contributed by atoms with E-state index in [-0.39, 0.29) is 37.5 Å². The molecule has 1 aliphatic carbocycles. The van der Waals surface area contributed by atoms with Crippen molar-refractivity contribution in [3.8, 4) is 0 Å². The Kier molecular flexibility index (Phi) is 4.46. The summed E-state index contributed by atoms with van der Waals surface area (Å²) in [6, 6.07) is 5.13. The fourth-order valence-electron chi connectivity index (χ4n) is 2.14. The average Bonchev–Trinajstić information content (AvgIpc) is 2.35. The van der Waals surface area contributed by atoms with Gasteiger partial charge in [-0.2, -0.15) is 0 Å². The third-order valence-electron chi connectivity index (χ3n) is 3.30. The predicted octanol–water partition coefficient (Wildman–Crippen LogP) is 4.87. The summed E-state index contributed by atoms with van der Waals surface area (Å²) >= 11 is 9.21. The van der Waals surface area contributed by atoms with Crippen LogP contribution in [0.1, 0.15) is 25.7 Å². The molecule has 1 N–H and O–H groups in total. The maximum absolute atomic E-state index is 13.0. The summed E-state index contributed by atoms with van der Waals surface area (Å²) in [6.07, 6.45) is -0.00234. The van der Waals surface area contributed by atoms with Gasteiger partial charge in [0.1, 0.15) is 0 Å². The molecule has 0 heterocycles. The molecule has 0 aromatic heterocycles. The van der Waals surface area contributed by atoms with Gasteiger partial charge in [-0.1, -0.05) is 17.7 Å². The molecule has 104 valence electrons. The van der Waals surface area contributed by atoms with Crippen molar-refractivity contribution in [2.45, 2.75) is 31.6 Å². The summed E-state index contributed by atoms with van der Waals surface area (Å²) in [6.45, 7) is 0. The molecule has 1 aromatic rings. The van der Waals surface area contributed by atoms with Gasteiger partial charge in [-0.3, -0.25) is 4.79 Å². The number of carbonyl (C=O) groups excluding carboxylic acids is 1. The minimum absolute atomic E-state index is 0.219. The topological polar surface area (TPSA) is 29.1 Å².